The van der Waals surface area contributed by atoms with E-state index in [1.165, 1.54) is 21.6 Å². The van der Waals surface area contributed by atoms with Crippen LogP contribution >= 0.6 is 22.9 Å². The Morgan fingerprint density at radius 1 is 1.10 bits per heavy atom. The maximum Gasteiger partial charge on any atom is 0.125 e. The van der Waals surface area contributed by atoms with Crippen molar-refractivity contribution in [1.82, 2.24) is 5.32 Å². The van der Waals surface area contributed by atoms with Crippen LogP contribution in [0.15, 0.2) is 24.3 Å². The topological polar surface area (TPSA) is 21.3 Å². The van der Waals surface area contributed by atoms with Gasteiger partial charge in [-0.15, -0.1) is 11.3 Å². The van der Waals surface area contributed by atoms with Crippen molar-refractivity contribution in [2.45, 2.75) is 27.3 Å². The highest BCUT2D eigenvalue weighted by Crippen LogP contribution is 2.25. The molecule has 0 unspecified atom stereocenters. The number of ether oxygens (including phenoxy) is 1. The van der Waals surface area contributed by atoms with Crippen molar-refractivity contribution in [1.29, 1.82) is 0 Å². The van der Waals surface area contributed by atoms with Crippen molar-refractivity contribution in [2.24, 2.45) is 0 Å². The van der Waals surface area contributed by atoms with Crippen LogP contribution in [0.1, 0.15) is 21.6 Å². The molecule has 4 heteroatoms. The van der Waals surface area contributed by atoms with Gasteiger partial charge in [0, 0.05) is 18.0 Å². The molecule has 0 aliphatic rings. The molecule has 1 aromatic heterocycles. The molecule has 0 aliphatic heterocycles. The Hall–Kier alpha value is -1.03. The average molecular weight is 310 g/mol. The summed E-state index contributed by atoms with van der Waals surface area (Å²) in [6.07, 6.45) is 0. The fourth-order valence-corrected chi connectivity index (χ4v) is 3.09. The predicted molar refractivity (Wildman–Crippen MR) is 87.2 cm³/mol. The molecule has 0 fully saturated rings. The Labute approximate surface area is 129 Å². The van der Waals surface area contributed by atoms with Gasteiger partial charge in [0.15, 0.2) is 0 Å². The molecule has 1 heterocycles. The van der Waals surface area contributed by atoms with Gasteiger partial charge in [-0.3, -0.25) is 0 Å². The van der Waals surface area contributed by atoms with Crippen molar-refractivity contribution in [3.63, 3.8) is 0 Å². The Bertz CT molecular complexity index is 580. The highest BCUT2D eigenvalue weighted by Gasteiger charge is 2.06. The number of halogens is 1. The molecular formula is C16H20ClNOS. The second-order valence-corrected chi connectivity index (χ2v) is 6.68. The summed E-state index contributed by atoms with van der Waals surface area (Å²) in [4.78, 5) is 1.25. The van der Waals surface area contributed by atoms with E-state index in [1.54, 1.807) is 11.3 Å². The van der Waals surface area contributed by atoms with E-state index >= 15 is 0 Å². The number of nitrogens with one attached hydrogen (secondary N) is 1. The molecule has 0 saturated carbocycles. The largest absolute Gasteiger partial charge is 0.492 e. The van der Waals surface area contributed by atoms with Crippen molar-refractivity contribution in [3.05, 3.63) is 50.2 Å². The van der Waals surface area contributed by atoms with Crippen LogP contribution < -0.4 is 10.1 Å². The third-order valence-corrected chi connectivity index (χ3v) is 4.56. The lowest BCUT2D eigenvalue weighted by atomic mass is 10.1. The lowest BCUT2D eigenvalue weighted by molar-refractivity contribution is 0.309. The lowest BCUT2D eigenvalue weighted by Gasteiger charge is -2.14. The summed E-state index contributed by atoms with van der Waals surface area (Å²) in [6.45, 7) is 8.64. The van der Waals surface area contributed by atoms with Crippen molar-refractivity contribution < 1.29 is 4.74 Å². The van der Waals surface area contributed by atoms with E-state index in [0.29, 0.717) is 6.61 Å². The molecular weight excluding hydrogens is 290 g/mol. The van der Waals surface area contributed by atoms with Gasteiger partial charge in [0.05, 0.1) is 4.34 Å². The molecule has 2 nitrogen and oxygen atoms in total. The summed E-state index contributed by atoms with van der Waals surface area (Å²) in [5.41, 5.74) is 3.69. The SMILES string of the molecule is Cc1ccc(C)c(OCCNCc2ccc(Cl)s2)c1C. The van der Waals surface area contributed by atoms with E-state index in [1.807, 2.05) is 6.07 Å². The van der Waals surface area contributed by atoms with E-state index in [-0.39, 0.29) is 0 Å². The highest BCUT2D eigenvalue weighted by molar-refractivity contribution is 7.16. The van der Waals surface area contributed by atoms with Gasteiger partial charge in [-0.1, -0.05) is 23.7 Å². The maximum atomic E-state index is 5.91. The van der Waals surface area contributed by atoms with Gasteiger partial charge in [-0.2, -0.15) is 0 Å². The molecule has 20 heavy (non-hydrogen) atoms. The third kappa shape index (κ3) is 3.98. The standard InChI is InChI=1S/C16H20ClNOS/c1-11-4-5-12(2)16(13(11)3)19-9-8-18-10-14-6-7-15(17)20-14/h4-7,18H,8-10H2,1-3H3. The number of aryl methyl sites for hydroxylation is 2. The number of hydrogen-bond acceptors (Lipinski definition) is 3. The normalized spacial score (nSPS) is 10.8. The van der Waals surface area contributed by atoms with E-state index in [4.69, 9.17) is 16.3 Å². The lowest BCUT2D eigenvalue weighted by Crippen LogP contribution is -2.20. The summed E-state index contributed by atoms with van der Waals surface area (Å²) in [6, 6.07) is 8.23. The summed E-state index contributed by atoms with van der Waals surface area (Å²) in [7, 11) is 0. The van der Waals surface area contributed by atoms with Crippen molar-refractivity contribution >= 4 is 22.9 Å². The summed E-state index contributed by atoms with van der Waals surface area (Å²) in [5, 5.41) is 3.37. The predicted octanol–water partition coefficient (Wildman–Crippen LogP) is 4.50. The number of hydrogen-bond donors (Lipinski definition) is 1. The maximum absolute atomic E-state index is 5.91. The van der Waals surface area contributed by atoms with Crippen LogP contribution in [-0.4, -0.2) is 13.2 Å². The van der Waals surface area contributed by atoms with E-state index in [9.17, 15) is 0 Å². The third-order valence-electron chi connectivity index (χ3n) is 3.33. The van der Waals surface area contributed by atoms with Crippen LogP contribution in [0.3, 0.4) is 0 Å². The minimum Gasteiger partial charge on any atom is -0.492 e. The molecule has 0 aliphatic carbocycles. The fraction of sp³-hybridized carbons (Fsp3) is 0.375. The second kappa shape index (κ2) is 7.11. The van der Waals surface area contributed by atoms with Gasteiger partial charge in [0.2, 0.25) is 0 Å². The van der Waals surface area contributed by atoms with E-state index in [2.05, 4.69) is 44.3 Å². The zero-order valence-corrected chi connectivity index (χ0v) is 13.7. The fourth-order valence-electron chi connectivity index (χ4n) is 2.03. The highest BCUT2D eigenvalue weighted by atomic mass is 35.5. The van der Waals surface area contributed by atoms with E-state index in [0.717, 1.165) is 23.2 Å². The summed E-state index contributed by atoms with van der Waals surface area (Å²) >= 11 is 7.51. The van der Waals surface area contributed by atoms with E-state index < -0.39 is 0 Å². The van der Waals surface area contributed by atoms with Crippen molar-refractivity contribution in [2.75, 3.05) is 13.2 Å². The number of thiophene rings is 1. The van der Waals surface area contributed by atoms with Gasteiger partial charge < -0.3 is 10.1 Å². The first-order chi connectivity index (χ1) is 9.58. The Morgan fingerprint density at radius 3 is 2.55 bits per heavy atom. The molecule has 0 amide bonds. The van der Waals surface area contributed by atoms with Gasteiger partial charge in [-0.05, 0) is 49.6 Å². The van der Waals surface area contributed by atoms with Crippen LogP contribution in [0.25, 0.3) is 0 Å². The molecule has 0 radical (unpaired) electrons. The Morgan fingerprint density at radius 2 is 1.85 bits per heavy atom. The molecule has 1 N–H and O–H groups in total. The minimum absolute atomic E-state index is 0.671. The molecule has 0 saturated heterocycles. The zero-order valence-electron chi connectivity index (χ0n) is 12.1. The van der Waals surface area contributed by atoms with Crippen LogP contribution in [0.5, 0.6) is 5.75 Å². The molecule has 0 bridgehead atoms. The van der Waals surface area contributed by atoms with Crippen LogP contribution in [0, 0.1) is 20.8 Å². The first-order valence-electron chi connectivity index (χ1n) is 6.72. The second-order valence-electron chi connectivity index (χ2n) is 4.88. The van der Waals surface area contributed by atoms with Crippen molar-refractivity contribution in [3.8, 4) is 5.75 Å². The minimum atomic E-state index is 0.671. The van der Waals surface area contributed by atoms with Gasteiger partial charge in [0.1, 0.15) is 12.4 Å². The smallest absolute Gasteiger partial charge is 0.125 e. The first kappa shape index (κ1) is 15.4. The quantitative estimate of drug-likeness (QED) is 0.794. The van der Waals surface area contributed by atoms with Gasteiger partial charge in [-0.25, -0.2) is 0 Å². The summed E-state index contributed by atoms with van der Waals surface area (Å²) in [5.74, 6) is 1.02. The van der Waals surface area contributed by atoms with Crippen LogP contribution in [0.2, 0.25) is 4.34 Å². The van der Waals surface area contributed by atoms with Gasteiger partial charge in [0.25, 0.3) is 0 Å². The summed E-state index contributed by atoms with van der Waals surface area (Å²) < 4.78 is 6.74. The molecule has 2 rings (SSSR count). The number of benzene rings is 1. The zero-order chi connectivity index (χ0) is 14.5. The monoisotopic (exact) mass is 309 g/mol. The number of rotatable bonds is 6. The van der Waals surface area contributed by atoms with Crippen LogP contribution in [-0.2, 0) is 6.54 Å². The molecule has 2 aromatic rings. The molecule has 0 spiro atoms. The Kier molecular flexibility index (Phi) is 5.46. The van der Waals surface area contributed by atoms with Gasteiger partial charge >= 0.3 is 0 Å². The van der Waals surface area contributed by atoms with Crippen LogP contribution in [0.4, 0.5) is 0 Å². The Balaban J connectivity index is 1.77. The molecule has 0 atom stereocenters. The molecule has 108 valence electrons. The first-order valence-corrected chi connectivity index (χ1v) is 7.92. The molecule has 1 aromatic carbocycles. The average Bonchev–Trinajstić information content (AvgIpc) is 2.83.